The van der Waals surface area contributed by atoms with Gasteiger partial charge in [0.25, 0.3) is 5.89 Å². The van der Waals surface area contributed by atoms with Gasteiger partial charge in [0.05, 0.1) is 0 Å². The van der Waals surface area contributed by atoms with Gasteiger partial charge in [0.2, 0.25) is 5.89 Å². The van der Waals surface area contributed by atoms with Gasteiger partial charge in [-0.15, -0.1) is 5.10 Å². The minimum Gasteiger partial charge on any atom is -0.410 e. The molecule has 0 amide bonds. The summed E-state index contributed by atoms with van der Waals surface area (Å²) in [6, 6.07) is 23.9. The van der Waals surface area contributed by atoms with Crippen LogP contribution in [0.15, 0.2) is 77.2 Å². The highest BCUT2D eigenvalue weighted by Gasteiger charge is 2.10. The number of hydrogen-bond donors (Lipinski definition) is 0. The second-order valence-corrected chi connectivity index (χ2v) is 5.06. The lowest BCUT2D eigenvalue weighted by Crippen LogP contribution is -1.80. The topological polar surface area (TPSA) is 38.9 Å². The molecule has 3 nitrogen and oxygen atoms in total. The van der Waals surface area contributed by atoms with E-state index in [0.29, 0.717) is 11.8 Å². The first-order valence-electron chi connectivity index (χ1n) is 7.29. The molecular formula is C20H12N2O. The number of hydrogen-bond acceptors (Lipinski definition) is 3. The predicted molar refractivity (Wildman–Crippen MR) is 89.7 cm³/mol. The summed E-state index contributed by atoms with van der Waals surface area (Å²) in [6.45, 7) is 0. The quantitative estimate of drug-likeness (QED) is 0.492. The Morgan fingerprint density at radius 1 is 0.696 bits per heavy atom. The number of aromatic nitrogens is 2. The summed E-state index contributed by atoms with van der Waals surface area (Å²) in [7, 11) is 0. The average molecular weight is 296 g/mol. The van der Waals surface area contributed by atoms with Gasteiger partial charge in [-0.3, -0.25) is 0 Å². The molecule has 108 valence electrons. The van der Waals surface area contributed by atoms with Crippen LogP contribution in [0.1, 0.15) is 11.5 Å². The van der Waals surface area contributed by atoms with Crippen molar-refractivity contribution in [3.63, 3.8) is 0 Å². The molecule has 0 spiro atoms. The second kappa shape index (κ2) is 5.78. The highest BCUT2D eigenvalue weighted by molar-refractivity contribution is 5.94. The number of fused-ring (bicyclic) bond motifs is 1. The summed E-state index contributed by atoms with van der Waals surface area (Å²) in [6.07, 6.45) is 0. The third-order valence-electron chi connectivity index (χ3n) is 3.53. The first kappa shape index (κ1) is 13.3. The lowest BCUT2D eigenvalue weighted by molar-refractivity contribution is 0.555. The van der Waals surface area contributed by atoms with E-state index >= 15 is 0 Å². The highest BCUT2D eigenvalue weighted by Crippen LogP contribution is 2.27. The van der Waals surface area contributed by atoms with Crippen LogP contribution in [0, 0.1) is 11.8 Å². The van der Waals surface area contributed by atoms with E-state index in [1.807, 2.05) is 60.7 Å². The smallest absolute Gasteiger partial charge is 0.294 e. The summed E-state index contributed by atoms with van der Waals surface area (Å²) < 4.78 is 5.70. The van der Waals surface area contributed by atoms with Gasteiger partial charge in [0.1, 0.15) is 0 Å². The molecule has 0 radical (unpaired) electrons. The molecule has 0 aliphatic heterocycles. The van der Waals surface area contributed by atoms with Gasteiger partial charge in [-0.05, 0) is 34.9 Å². The molecule has 0 saturated heterocycles. The second-order valence-electron chi connectivity index (χ2n) is 5.06. The molecule has 3 aromatic carbocycles. The van der Waals surface area contributed by atoms with E-state index in [4.69, 9.17) is 4.42 Å². The Hall–Kier alpha value is -3.38. The van der Waals surface area contributed by atoms with Crippen molar-refractivity contribution in [3.05, 3.63) is 84.3 Å². The van der Waals surface area contributed by atoms with Crippen molar-refractivity contribution in [1.82, 2.24) is 10.2 Å². The SMILES string of the molecule is C(#Cc1nnc(-c2cccc3ccccc23)o1)c1ccccc1. The van der Waals surface area contributed by atoms with Crippen LogP contribution in [-0.4, -0.2) is 10.2 Å². The van der Waals surface area contributed by atoms with Crippen molar-refractivity contribution in [3.8, 4) is 23.3 Å². The maximum atomic E-state index is 5.70. The molecule has 0 N–H and O–H groups in total. The molecule has 0 saturated carbocycles. The molecule has 0 unspecified atom stereocenters. The highest BCUT2D eigenvalue weighted by atomic mass is 16.4. The van der Waals surface area contributed by atoms with Crippen molar-refractivity contribution in [2.45, 2.75) is 0 Å². The van der Waals surface area contributed by atoms with Crippen LogP contribution in [0.25, 0.3) is 22.2 Å². The molecule has 0 aliphatic carbocycles. The Kier molecular flexibility index (Phi) is 3.34. The lowest BCUT2D eigenvalue weighted by Gasteiger charge is -2.01. The maximum absolute atomic E-state index is 5.70. The van der Waals surface area contributed by atoms with Crippen LogP contribution < -0.4 is 0 Å². The van der Waals surface area contributed by atoms with Crippen molar-refractivity contribution < 1.29 is 4.42 Å². The van der Waals surface area contributed by atoms with Gasteiger partial charge >= 0.3 is 0 Å². The summed E-state index contributed by atoms with van der Waals surface area (Å²) in [5.41, 5.74) is 1.83. The van der Waals surface area contributed by atoms with Crippen molar-refractivity contribution in [2.24, 2.45) is 0 Å². The van der Waals surface area contributed by atoms with E-state index in [-0.39, 0.29) is 0 Å². The van der Waals surface area contributed by atoms with Crippen LogP contribution in [0.4, 0.5) is 0 Å². The molecule has 0 fully saturated rings. The van der Waals surface area contributed by atoms with E-state index in [0.717, 1.165) is 21.9 Å². The largest absolute Gasteiger partial charge is 0.410 e. The molecule has 1 heterocycles. The molecule has 0 atom stereocenters. The van der Waals surface area contributed by atoms with Gasteiger partial charge in [-0.1, -0.05) is 65.6 Å². The zero-order valence-corrected chi connectivity index (χ0v) is 12.2. The van der Waals surface area contributed by atoms with Crippen molar-refractivity contribution in [2.75, 3.05) is 0 Å². The third-order valence-corrected chi connectivity index (χ3v) is 3.53. The fourth-order valence-electron chi connectivity index (χ4n) is 2.44. The molecule has 4 rings (SSSR count). The fraction of sp³-hybridized carbons (Fsp3) is 0. The Morgan fingerprint density at radius 3 is 2.39 bits per heavy atom. The maximum Gasteiger partial charge on any atom is 0.294 e. The Morgan fingerprint density at radius 2 is 1.48 bits per heavy atom. The van der Waals surface area contributed by atoms with Crippen molar-refractivity contribution in [1.29, 1.82) is 0 Å². The van der Waals surface area contributed by atoms with Gasteiger partial charge in [0.15, 0.2) is 0 Å². The Labute approximate surface area is 133 Å². The molecule has 0 bridgehead atoms. The summed E-state index contributed by atoms with van der Waals surface area (Å²) in [5, 5.41) is 10.4. The molecule has 1 aromatic heterocycles. The van der Waals surface area contributed by atoms with Crippen LogP contribution in [0.3, 0.4) is 0 Å². The molecule has 3 heteroatoms. The van der Waals surface area contributed by atoms with E-state index in [1.54, 1.807) is 0 Å². The van der Waals surface area contributed by atoms with Crippen molar-refractivity contribution >= 4 is 10.8 Å². The number of benzene rings is 3. The molecule has 4 aromatic rings. The van der Waals surface area contributed by atoms with E-state index in [1.165, 1.54) is 0 Å². The molecule has 23 heavy (non-hydrogen) atoms. The Balaban J connectivity index is 1.72. The summed E-state index contributed by atoms with van der Waals surface area (Å²) >= 11 is 0. The zero-order chi connectivity index (χ0) is 15.5. The summed E-state index contributed by atoms with van der Waals surface area (Å²) in [5.74, 6) is 6.73. The molecular weight excluding hydrogens is 284 g/mol. The van der Waals surface area contributed by atoms with Crippen LogP contribution >= 0.6 is 0 Å². The van der Waals surface area contributed by atoms with Gasteiger partial charge in [0, 0.05) is 11.1 Å². The Bertz CT molecular complexity index is 1020. The molecule has 0 aliphatic rings. The standard InChI is InChI=1S/C20H12N2O/c1-2-7-15(8-3-1)13-14-19-21-22-20(23-19)18-12-6-10-16-9-4-5-11-17(16)18/h1-12H. The fourth-order valence-corrected chi connectivity index (χ4v) is 2.44. The van der Waals surface area contributed by atoms with Crippen LogP contribution in [-0.2, 0) is 0 Å². The normalized spacial score (nSPS) is 10.3. The minimum atomic E-state index is 0.316. The monoisotopic (exact) mass is 296 g/mol. The first-order chi connectivity index (χ1) is 11.4. The summed E-state index contributed by atoms with van der Waals surface area (Å²) in [4.78, 5) is 0. The van der Waals surface area contributed by atoms with Crippen LogP contribution in [0.2, 0.25) is 0 Å². The average Bonchev–Trinajstić information content (AvgIpc) is 3.09. The minimum absolute atomic E-state index is 0.316. The van der Waals surface area contributed by atoms with Gasteiger partial charge in [-0.2, -0.15) is 0 Å². The third kappa shape index (κ3) is 2.70. The number of nitrogens with zero attached hydrogens (tertiary/aromatic N) is 2. The first-order valence-corrected chi connectivity index (χ1v) is 7.29. The van der Waals surface area contributed by atoms with Crippen LogP contribution in [0.5, 0.6) is 0 Å². The van der Waals surface area contributed by atoms with E-state index in [2.05, 4.69) is 34.2 Å². The van der Waals surface area contributed by atoms with E-state index < -0.39 is 0 Å². The number of rotatable bonds is 1. The van der Waals surface area contributed by atoms with Gasteiger partial charge < -0.3 is 4.42 Å². The predicted octanol–water partition coefficient (Wildman–Crippen LogP) is 4.29. The van der Waals surface area contributed by atoms with Gasteiger partial charge in [-0.25, -0.2) is 0 Å². The van der Waals surface area contributed by atoms with E-state index in [9.17, 15) is 0 Å². The zero-order valence-electron chi connectivity index (χ0n) is 12.2. The lowest BCUT2D eigenvalue weighted by atomic mass is 10.0.